The number of nitrogens with one attached hydrogen (secondary N) is 2. The average Bonchev–Trinajstić information content (AvgIpc) is 2.29. The Hall–Kier alpha value is -1.35. The third kappa shape index (κ3) is 4.57. The first-order chi connectivity index (χ1) is 8.00. The van der Waals surface area contributed by atoms with Gasteiger partial charge < -0.3 is 5.32 Å². The smallest absolute Gasteiger partial charge is 0.237 e. The molecule has 0 aliphatic carbocycles. The lowest BCUT2D eigenvalue weighted by Crippen LogP contribution is -2.45. The Kier molecular flexibility index (Phi) is 5.16. The van der Waals surface area contributed by atoms with E-state index in [0.29, 0.717) is 0 Å². The summed E-state index contributed by atoms with van der Waals surface area (Å²) in [6.07, 6.45) is 0. The minimum absolute atomic E-state index is 0.0442. The maximum absolute atomic E-state index is 11.7. The summed E-state index contributed by atoms with van der Waals surface area (Å²) < 4.78 is 0. The Morgan fingerprint density at radius 3 is 2.18 bits per heavy atom. The Labute approximate surface area is 104 Å². The van der Waals surface area contributed by atoms with E-state index in [9.17, 15) is 4.79 Å². The maximum atomic E-state index is 11.7. The minimum atomic E-state index is -0.187. The van der Waals surface area contributed by atoms with E-state index in [1.165, 1.54) is 5.56 Å². The molecule has 2 N–H and O–H groups in total. The van der Waals surface area contributed by atoms with Gasteiger partial charge in [0.1, 0.15) is 0 Å². The van der Waals surface area contributed by atoms with Crippen LogP contribution in [0.3, 0.4) is 0 Å². The van der Waals surface area contributed by atoms with Crippen molar-refractivity contribution in [1.82, 2.24) is 10.6 Å². The van der Waals surface area contributed by atoms with Gasteiger partial charge in [-0.15, -0.1) is 0 Å². The van der Waals surface area contributed by atoms with Crippen LogP contribution in [0.25, 0.3) is 0 Å². The summed E-state index contributed by atoms with van der Waals surface area (Å²) in [4.78, 5) is 11.7. The quantitative estimate of drug-likeness (QED) is 0.820. The Morgan fingerprint density at radius 2 is 1.65 bits per heavy atom. The van der Waals surface area contributed by atoms with E-state index >= 15 is 0 Å². The second-order valence-electron chi connectivity index (χ2n) is 4.68. The van der Waals surface area contributed by atoms with Crippen LogP contribution in [0.1, 0.15) is 39.3 Å². The molecule has 94 valence electrons. The highest BCUT2D eigenvalue weighted by Gasteiger charge is 2.16. The second kappa shape index (κ2) is 6.40. The summed E-state index contributed by atoms with van der Waals surface area (Å²) in [5.41, 5.74) is 1.19. The largest absolute Gasteiger partial charge is 0.353 e. The molecular formula is C14H22N2O. The molecule has 0 heterocycles. The van der Waals surface area contributed by atoms with Crippen molar-refractivity contribution in [2.45, 2.75) is 45.8 Å². The van der Waals surface area contributed by atoms with Crippen LogP contribution < -0.4 is 10.6 Å². The molecule has 2 atom stereocenters. The molecule has 0 aromatic heterocycles. The molecule has 1 unspecified atom stereocenters. The molecule has 3 heteroatoms. The summed E-state index contributed by atoms with van der Waals surface area (Å²) in [7, 11) is 0. The number of hydrogen-bond acceptors (Lipinski definition) is 2. The van der Waals surface area contributed by atoms with E-state index in [4.69, 9.17) is 0 Å². The van der Waals surface area contributed by atoms with Crippen molar-refractivity contribution in [3.8, 4) is 0 Å². The molecule has 0 bridgehead atoms. The van der Waals surface area contributed by atoms with Gasteiger partial charge in [0.2, 0.25) is 5.91 Å². The fourth-order valence-corrected chi connectivity index (χ4v) is 1.70. The van der Waals surface area contributed by atoms with Crippen molar-refractivity contribution in [3.05, 3.63) is 35.9 Å². The van der Waals surface area contributed by atoms with Crippen molar-refractivity contribution < 1.29 is 4.79 Å². The highest BCUT2D eigenvalue weighted by molar-refractivity contribution is 5.81. The molecular weight excluding hydrogens is 212 g/mol. The molecule has 0 radical (unpaired) electrons. The fourth-order valence-electron chi connectivity index (χ4n) is 1.70. The lowest BCUT2D eigenvalue weighted by Gasteiger charge is -2.21. The van der Waals surface area contributed by atoms with Crippen LogP contribution in [-0.4, -0.2) is 18.0 Å². The van der Waals surface area contributed by atoms with Crippen molar-refractivity contribution >= 4 is 5.91 Å². The lowest BCUT2D eigenvalue weighted by molar-refractivity contribution is -0.123. The summed E-state index contributed by atoms with van der Waals surface area (Å²) in [6.45, 7) is 7.88. The molecule has 0 fully saturated rings. The van der Waals surface area contributed by atoms with Crippen molar-refractivity contribution in [2.24, 2.45) is 0 Å². The van der Waals surface area contributed by atoms with Gasteiger partial charge in [0.05, 0.1) is 6.04 Å². The Balaban J connectivity index is 2.51. The minimum Gasteiger partial charge on any atom is -0.353 e. The second-order valence-corrected chi connectivity index (χ2v) is 4.68. The van der Waals surface area contributed by atoms with Gasteiger partial charge in [-0.1, -0.05) is 30.3 Å². The van der Waals surface area contributed by atoms with Crippen molar-refractivity contribution in [2.75, 3.05) is 0 Å². The number of rotatable bonds is 5. The van der Waals surface area contributed by atoms with E-state index < -0.39 is 0 Å². The zero-order valence-electron chi connectivity index (χ0n) is 11.0. The van der Waals surface area contributed by atoms with Gasteiger partial charge in [0, 0.05) is 12.1 Å². The number of amides is 1. The van der Waals surface area contributed by atoms with Crippen molar-refractivity contribution in [1.29, 1.82) is 0 Å². The van der Waals surface area contributed by atoms with Crippen LogP contribution in [0.4, 0.5) is 0 Å². The molecule has 1 aromatic carbocycles. The van der Waals surface area contributed by atoms with Gasteiger partial charge >= 0.3 is 0 Å². The molecule has 0 saturated heterocycles. The molecule has 0 spiro atoms. The first-order valence-corrected chi connectivity index (χ1v) is 6.12. The van der Waals surface area contributed by atoms with E-state index in [2.05, 4.69) is 29.7 Å². The third-order valence-corrected chi connectivity index (χ3v) is 2.62. The number of carbonyl (C=O) groups is 1. The van der Waals surface area contributed by atoms with Crippen LogP contribution in [0.5, 0.6) is 0 Å². The Bertz CT molecular complexity index is 348. The van der Waals surface area contributed by atoms with E-state index in [0.717, 1.165) is 0 Å². The standard InChI is InChI=1S/C14H22N2O/c1-10(2)15-14(17)12(4)16-11(3)13-8-6-5-7-9-13/h5-12,16H,1-4H3,(H,15,17)/t11-,12?/m1/s1. The first kappa shape index (κ1) is 13.7. The van der Waals surface area contributed by atoms with Gasteiger partial charge in [0.15, 0.2) is 0 Å². The predicted molar refractivity (Wildman–Crippen MR) is 70.7 cm³/mol. The number of carbonyl (C=O) groups excluding carboxylic acids is 1. The first-order valence-electron chi connectivity index (χ1n) is 6.12. The monoisotopic (exact) mass is 234 g/mol. The van der Waals surface area contributed by atoms with Crippen LogP contribution in [0.15, 0.2) is 30.3 Å². The van der Waals surface area contributed by atoms with Gasteiger partial charge in [-0.2, -0.15) is 0 Å². The summed E-state index contributed by atoms with van der Waals surface area (Å²) >= 11 is 0. The maximum Gasteiger partial charge on any atom is 0.237 e. The molecule has 0 aliphatic heterocycles. The molecule has 1 amide bonds. The fraction of sp³-hybridized carbons (Fsp3) is 0.500. The predicted octanol–water partition coefficient (Wildman–Crippen LogP) is 2.25. The molecule has 0 aliphatic rings. The van der Waals surface area contributed by atoms with Crippen LogP contribution >= 0.6 is 0 Å². The number of benzene rings is 1. The van der Waals surface area contributed by atoms with E-state index in [1.807, 2.05) is 39.0 Å². The summed E-state index contributed by atoms with van der Waals surface area (Å²) in [5, 5.41) is 6.19. The number of hydrogen-bond donors (Lipinski definition) is 2. The average molecular weight is 234 g/mol. The topological polar surface area (TPSA) is 41.1 Å². The Morgan fingerprint density at radius 1 is 1.06 bits per heavy atom. The van der Waals surface area contributed by atoms with E-state index in [-0.39, 0.29) is 24.0 Å². The van der Waals surface area contributed by atoms with Crippen molar-refractivity contribution in [3.63, 3.8) is 0 Å². The highest BCUT2D eigenvalue weighted by Crippen LogP contribution is 2.11. The molecule has 17 heavy (non-hydrogen) atoms. The van der Waals surface area contributed by atoms with Crippen LogP contribution in [-0.2, 0) is 4.79 Å². The van der Waals surface area contributed by atoms with Crippen LogP contribution in [0.2, 0.25) is 0 Å². The van der Waals surface area contributed by atoms with Crippen LogP contribution in [0, 0.1) is 0 Å². The lowest BCUT2D eigenvalue weighted by atomic mass is 10.1. The third-order valence-electron chi connectivity index (χ3n) is 2.62. The molecule has 1 aromatic rings. The summed E-state index contributed by atoms with van der Waals surface area (Å²) in [6, 6.07) is 10.3. The SMILES string of the molecule is CC(C)NC(=O)C(C)N[C@H](C)c1ccccc1. The molecule has 0 saturated carbocycles. The normalized spacial score (nSPS) is 14.4. The van der Waals surface area contributed by atoms with Gasteiger partial charge in [0.25, 0.3) is 0 Å². The molecule has 1 rings (SSSR count). The van der Waals surface area contributed by atoms with E-state index in [1.54, 1.807) is 0 Å². The molecule has 3 nitrogen and oxygen atoms in total. The highest BCUT2D eigenvalue weighted by atomic mass is 16.2. The zero-order chi connectivity index (χ0) is 12.8. The summed E-state index contributed by atoms with van der Waals surface area (Å²) in [5.74, 6) is 0.0442. The van der Waals surface area contributed by atoms with Gasteiger partial charge in [-0.25, -0.2) is 0 Å². The van der Waals surface area contributed by atoms with Gasteiger partial charge in [-0.3, -0.25) is 10.1 Å². The van der Waals surface area contributed by atoms with Gasteiger partial charge in [-0.05, 0) is 33.3 Å². The zero-order valence-corrected chi connectivity index (χ0v) is 11.0.